The van der Waals surface area contributed by atoms with E-state index in [1.807, 2.05) is 6.08 Å². The maximum absolute atomic E-state index is 9.12. The number of rotatable bonds is 0. The molecule has 0 aromatic heterocycles. The van der Waals surface area contributed by atoms with E-state index in [-0.39, 0.29) is 0 Å². The Morgan fingerprint density at radius 3 is 2.70 bits per heavy atom. The smallest absolute Gasteiger partial charge is 0.0830 e. The Labute approximate surface area is 121 Å². The van der Waals surface area contributed by atoms with Gasteiger partial charge in [0.25, 0.3) is 0 Å². The van der Waals surface area contributed by atoms with Crippen LogP contribution in [-0.4, -0.2) is 27.9 Å². The molecule has 0 aromatic rings. The first-order valence-electron chi connectivity index (χ1n) is 8.27. The zero-order valence-electron chi connectivity index (χ0n) is 12.1. The molecule has 0 radical (unpaired) electrons. The topological polar surface area (TPSA) is 35.8 Å². The second kappa shape index (κ2) is 4.94. The quantitative estimate of drug-likeness (QED) is 0.413. The first-order valence-corrected chi connectivity index (χ1v) is 8.27. The normalized spacial score (nSPS) is 38.5. The van der Waals surface area contributed by atoms with E-state index in [1.165, 1.54) is 51.4 Å². The molecular weight excluding hydrogens is 248 g/mol. The van der Waals surface area contributed by atoms with Crippen molar-refractivity contribution in [3.05, 3.63) is 23.4 Å². The van der Waals surface area contributed by atoms with E-state index in [0.717, 1.165) is 18.1 Å². The van der Waals surface area contributed by atoms with E-state index >= 15 is 0 Å². The summed E-state index contributed by atoms with van der Waals surface area (Å²) in [4.78, 5) is 2.61. The van der Waals surface area contributed by atoms with E-state index in [1.54, 1.807) is 11.1 Å². The van der Waals surface area contributed by atoms with Crippen molar-refractivity contribution in [1.29, 1.82) is 0 Å². The number of hydrogen-bond donors (Lipinski definition) is 1. The Balaban J connectivity index is 1.77. The molecule has 108 valence electrons. The maximum atomic E-state index is 9.12. The Morgan fingerprint density at radius 2 is 1.85 bits per heavy atom. The Bertz CT molecular complexity index is 491. The van der Waals surface area contributed by atoms with E-state index < -0.39 is 0 Å². The van der Waals surface area contributed by atoms with Gasteiger partial charge in [0, 0.05) is 24.6 Å². The highest BCUT2D eigenvalue weighted by molar-refractivity contribution is 5.95. The van der Waals surface area contributed by atoms with Gasteiger partial charge in [-0.1, -0.05) is 23.6 Å². The van der Waals surface area contributed by atoms with E-state index in [2.05, 4.69) is 16.3 Å². The van der Waals surface area contributed by atoms with Gasteiger partial charge >= 0.3 is 0 Å². The average molecular weight is 272 g/mol. The minimum atomic E-state index is 0.549. The van der Waals surface area contributed by atoms with Crippen molar-refractivity contribution >= 4 is 5.71 Å². The summed E-state index contributed by atoms with van der Waals surface area (Å²) in [6.45, 7) is 0. The lowest BCUT2D eigenvalue weighted by molar-refractivity contribution is 0.123. The molecule has 0 amide bonds. The van der Waals surface area contributed by atoms with Crippen LogP contribution in [0.3, 0.4) is 0 Å². The molecule has 3 nitrogen and oxygen atoms in total. The molecule has 20 heavy (non-hydrogen) atoms. The summed E-state index contributed by atoms with van der Waals surface area (Å²) in [5.41, 5.74) is 4.44. The van der Waals surface area contributed by atoms with Crippen LogP contribution >= 0.6 is 0 Å². The van der Waals surface area contributed by atoms with Crippen LogP contribution in [0.25, 0.3) is 0 Å². The van der Waals surface area contributed by atoms with Gasteiger partial charge in [0.05, 0.1) is 11.8 Å². The summed E-state index contributed by atoms with van der Waals surface area (Å²) in [5, 5.41) is 12.6. The molecule has 3 unspecified atom stereocenters. The molecule has 3 heteroatoms. The first kappa shape index (κ1) is 12.5. The summed E-state index contributed by atoms with van der Waals surface area (Å²) < 4.78 is 0. The van der Waals surface area contributed by atoms with Crippen molar-refractivity contribution in [2.45, 2.75) is 69.9 Å². The predicted octanol–water partition coefficient (Wildman–Crippen LogP) is 3.85. The molecule has 2 heterocycles. The van der Waals surface area contributed by atoms with Crippen molar-refractivity contribution in [1.82, 2.24) is 4.90 Å². The standard InChI is InChI=1S/C17H24N2O/c20-18-12-9-10-19-16-8-4-3-6-14(16)13-5-1-2-7-15(13)17(19)11-12/h9-10,15-17,20H,1-8,11H2. The van der Waals surface area contributed by atoms with Gasteiger partial charge in [-0.25, -0.2) is 0 Å². The van der Waals surface area contributed by atoms with Crippen LogP contribution in [-0.2, 0) is 0 Å². The SMILES string of the molecule is ON=C1C=CN2C3CCCCC3=C3CCCCC3C2C1. The van der Waals surface area contributed by atoms with Crippen LogP contribution in [0.1, 0.15) is 57.8 Å². The molecule has 0 saturated heterocycles. The minimum absolute atomic E-state index is 0.549. The highest BCUT2D eigenvalue weighted by Gasteiger charge is 2.43. The lowest BCUT2D eigenvalue weighted by Gasteiger charge is -2.52. The lowest BCUT2D eigenvalue weighted by atomic mass is 9.68. The van der Waals surface area contributed by atoms with Gasteiger partial charge in [0.2, 0.25) is 0 Å². The van der Waals surface area contributed by atoms with Crippen molar-refractivity contribution in [3.63, 3.8) is 0 Å². The summed E-state index contributed by atoms with van der Waals surface area (Å²) >= 11 is 0. The molecule has 2 fully saturated rings. The summed E-state index contributed by atoms with van der Waals surface area (Å²) in [5.74, 6) is 0.717. The fourth-order valence-electron chi connectivity index (χ4n) is 4.99. The number of fused-ring (bicyclic) bond motifs is 5. The van der Waals surface area contributed by atoms with Gasteiger partial charge < -0.3 is 10.1 Å². The highest BCUT2D eigenvalue weighted by atomic mass is 16.4. The second-order valence-corrected chi connectivity index (χ2v) is 6.79. The zero-order chi connectivity index (χ0) is 13.5. The third-order valence-electron chi connectivity index (χ3n) is 5.84. The van der Waals surface area contributed by atoms with Crippen LogP contribution in [0.15, 0.2) is 28.6 Å². The summed E-state index contributed by atoms with van der Waals surface area (Å²) in [7, 11) is 0. The van der Waals surface area contributed by atoms with Crippen LogP contribution in [0.2, 0.25) is 0 Å². The van der Waals surface area contributed by atoms with Crippen molar-refractivity contribution in [3.8, 4) is 0 Å². The zero-order valence-corrected chi connectivity index (χ0v) is 12.1. The number of hydrogen-bond acceptors (Lipinski definition) is 3. The Hall–Kier alpha value is -1.25. The number of nitrogens with zero attached hydrogens (tertiary/aromatic N) is 2. The molecule has 2 aliphatic heterocycles. The third-order valence-corrected chi connectivity index (χ3v) is 5.84. The largest absolute Gasteiger partial charge is 0.411 e. The molecule has 1 N–H and O–H groups in total. The monoisotopic (exact) mass is 272 g/mol. The van der Waals surface area contributed by atoms with Gasteiger partial charge in [-0.3, -0.25) is 0 Å². The van der Waals surface area contributed by atoms with E-state index in [0.29, 0.717) is 12.1 Å². The van der Waals surface area contributed by atoms with Crippen molar-refractivity contribution in [2.24, 2.45) is 11.1 Å². The molecule has 0 aromatic carbocycles. The molecular formula is C17H24N2O. The van der Waals surface area contributed by atoms with Gasteiger partial charge in [0.1, 0.15) is 0 Å². The lowest BCUT2D eigenvalue weighted by Crippen LogP contribution is -2.53. The highest BCUT2D eigenvalue weighted by Crippen LogP contribution is 2.47. The van der Waals surface area contributed by atoms with Crippen LogP contribution in [0.4, 0.5) is 0 Å². The minimum Gasteiger partial charge on any atom is -0.411 e. The maximum Gasteiger partial charge on any atom is 0.0830 e. The Kier molecular flexibility index (Phi) is 3.08. The molecule has 4 rings (SSSR count). The average Bonchev–Trinajstić information content (AvgIpc) is 2.54. The Morgan fingerprint density at radius 1 is 1.05 bits per heavy atom. The van der Waals surface area contributed by atoms with Gasteiger partial charge in [-0.2, -0.15) is 0 Å². The van der Waals surface area contributed by atoms with Gasteiger partial charge in [0.15, 0.2) is 0 Å². The third kappa shape index (κ3) is 1.82. The molecule has 0 bridgehead atoms. The van der Waals surface area contributed by atoms with Gasteiger partial charge in [-0.05, 0) is 50.2 Å². The molecule has 4 aliphatic rings. The van der Waals surface area contributed by atoms with Gasteiger partial charge in [-0.15, -0.1) is 0 Å². The van der Waals surface area contributed by atoms with Crippen LogP contribution in [0, 0.1) is 5.92 Å². The summed E-state index contributed by atoms with van der Waals surface area (Å²) in [6.07, 6.45) is 15.9. The van der Waals surface area contributed by atoms with Crippen LogP contribution in [0.5, 0.6) is 0 Å². The molecule has 3 atom stereocenters. The van der Waals surface area contributed by atoms with Crippen LogP contribution < -0.4 is 0 Å². The molecule has 2 aliphatic carbocycles. The van der Waals surface area contributed by atoms with Crippen molar-refractivity contribution in [2.75, 3.05) is 0 Å². The van der Waals surface area contributed by atoms with E-state index in [9.17, 15) is 0 Å². The second-order valence-electron chi connectivity index (χ2n) is 6.79. The molecule has 0 spiro atoms. The van der Waals surface area contributed by atoms with Crippen molar-refractivity contribution < 1.29 is 5.21 Å². The number of allylic oxidation sites excluding steroid dienone is 1. The van der Waals surface area contributed by atoms with E-state index in [4.69, 9.17) is 5.21 Å². The summed E-state index contributed by atoms with van der Waals surface area (Å²) in [6, 6.07) is 1.20. The first-order chi connectivity index (χ1) is 9.88. The molecule has 2 saturated carbocycles. The fraction of sp³-hybridized carbons (Fsp3) is 0.706. The number of oxime groups is 1. The fourth-order valence-corrected chi connectivity index (χ4v) is 4.99. The predicted molar refractivity (Wildman–Crippen MR) is 79.8 cm³/mol.